The zero-order valence-electron chi connectivity index (χ0n) is 6.10. The zero-order chi connectivity index (χ0) is 9.14. The van der Waals surface area contributed by atoms with Crippen molar-refractivity contribution >= 4 is 31.9 Å². The highest BCUT2D eigenvalue weighted by Crippen LogP contribution is 2.21. The van der Waals surface area contributed by atoms with E-state index in [2.05, 4.69) is 31.9 Å². The molecule has 1 aromatic rings. The van der Waals surface area contributed by atoms with E-state index in [0.717, 1.165) is 0 Å². The first-order valence-corrected chi connectivity index (χ1v) is 5.25. The van der Waals surface area contributed by atoms with Gasteiger partial charge in [-0.15, -0.1) is 0 Å². The van der Waals surface area contributed by atoms with E-state index in [9.17, 15) is 9.50 Å². The van der Waals surface area contributed by atoms with Crippen LogP contribution in [-0.2, 0) is 0 Å². The van der Waals surface area contributed by atoms with Gasteiger partial charge >= 0.3 is 0 Å². The number of alkyl halides is 1. The summed E-state index contributed by atoms with van der Waals surface area (Å²) in [7, 11) is 0. The molecule has 4 heteroatoms. The van der Waals surface area contributed by atoms with Crippen LogP contribution in [0.15, 0.2) is 22.7 Å². The summed E-state index contributed by atoms with van der Waals surface area (Å²) in [6.45, 7) is 0. The van der Waals surface area contributed by atoms with Crippen molar-refractivity contribution in [3.05, 3.63) is 34.1 Å². The fourth-order valence-electron chi connectivity index (χ4n) is 0.855. The molecule has 0 saturated heterocycles. The van der Waals surface area contributed by atoms with Gasteiger partial charge in [0, 0.05) is 15.4 Å². The fourth-order valence-corrected chi connectivity index (χ4v) is 1.54. The second-order valence-electron chi connectivity index (χ2n) is 2.34. The molecule has 1 aromatic carbocycles. The van der Waals surface area contributed by atoms with Crippen molar-refractivity contribution in [2.24, 2.45) is 0 Å². The Balaban J connectivity index is 3.01. The topological polar surface area (TPSA) is 20.2 Å². The van der Waals surface area contributed by atoms with E-state index in [0.29, 0.717) is 15.4 Å². The summed E-state index contributed by atoms with van der Waals surface area (Å²) in [5.74, 6) is -0.392. The molecule has 0 radical (unpaired) electrons. The molecule has 0 aromatic heterocycles. The van der Waals surface area contributed by atoms with E-state index in [4.69, 9.17) is 0 Å². The molecule has 0 heterocycles. The molecule has 12 heavy (non-hydrogen) atoms. The molecule has 0 aliphatic rings. The van der Waals surface area contributed by atoms with Crippen molar-refractivity contribution in [2.75, 3.05) is 5.33 Å². The van der Waals surface area contributed by atoms with E-state index in [1.54, 1.807) is 12.1 Å². The summed E-state index contributed by atoms with van der Waals surface area (Å²) in [5.41, 5.74) is 0.315. The Labute approximate surface area is 86.9 Å². The van der Waals surface area contributed by atoms with Crippen LogP contribution >= 0.6 is 31.9 Å². The normalized spacial score (nSPS) is 13.0. The molecule has 0 saturated carbocycles. The molecule has 0 bridgehead atoms. The largest absolute Gasteiger partial charge is 0.387 e. The van der Waals surface area contributed by atoms with Crippen LogP contribution in [0.25, 0.3) is 0 Å². The lowest BCUT2D eigenvalue weighted by atomic mass is 10.1. The van der Waals surface area contributed by atoms with Gasteiger partial charge in [-0.3, -0.25) is 0 Å². The predicted octanol–water partition coefficient (Wildman–Crippen LogP) is 3.02. The van der Waals surface area contributed by atoms with Crippen molar-refractivity contribution in [1.29, 1.82) is 0 Å². The highest BCUT2D eigenvalue weighted by atomic mass is 79.9. The molecular weight excluding hydrogens is 291 g/mol. The number of aliphatic hydroxyl groups is 1. The van der Waals surface area contributed by atoms with Crippen LogP contribution in [0, 0.1) is 5.82 Å². The Kier molecular flexibility index (Phi) is 3.68. The monoisotopic (exact) mass is 296 g/mol. The molecular formula is C8H7Br2FO. The van der Waals surface area contributed by atoms with Gasteiger partial charge in [-0.1, -0.05) is 37.9 Å². The van der Waals surface area contributed by atoms with Gasteiger partial charge in [-0.05, 0) is 12.1 Å². The first kappa shape index (κ1) is 10.2. The van der Waals surface area contributed by atoms with Gasteiger partial charge in [0.1, 0.15) is 5.82 Å². The van der Waals surface area contributed by atoms with Crippen LogP contribution in [-0.4, -0.2) is 10.4 Å². The number of hydrogen-bond acceptors (Lipinski definition) is 1. The van der Waals surface area contributed by atoms with E-state index < -0.39 is 11.9 Å². The standard InChI is InChI=1S/C8H7Br2FO/c9-4-8(12)6-2-1-5(10)3-7(6)11/h1-3,8,12H,4H2/t8-/m1/s1. The lowest BCUT2D eigenvalue weighted by Crippen LogP contribution is -2.01. The highest BCUT2D eigenvalue weighted by Gasteiger charge is 2.10. The van der Waals surface area contributed by atoms with E-state index in [1.807, 2.05) is 0 Å². The van der Waals surface area contributed by atoms with Crippen molar-refractivity contribution in [3.63, 3.8) is 0 Å². The molecule has 0 amide bonds. The van der Waals surface area contributed by atoms with Crippen LogP contribution < -0.4 is 0 Å². The predicted molar refractivity (Wildman–Crippen MR) is 52.9 cm³/mol. The third-order valence-corrected chi connectivity index (χ3v) is 2.57. The Morgan fingerprint density at radius 2 is 2.17 bits per heavy atom. The number of benzene rings is 1. The molecule has 0 spiro atoms. The number of hydrogen-bond donors (Lipinski definition) is 1. The maximum atomic E-state index is 13.1. The Hall–Kier alpha value is 0.0700. The molecule has 1 nitrogen and oxygen atoms in total. The smallest absolute Gasteiger partial charge is 0.130 e. The molecule has 0 aliphatic heterocycles. The minimum absolute atomic E-state index is 0.315. The lowest BCUT2D eigenvalue weighted by molar-refractivity contribution is 0.200. The summed E-state index contributed by atoms with van der Waals surface area (Å²) in [6.07, 6.45) is -0.780. The third-order valence-electron chi connectivity index (χ3n) is 1.47. The first-order valence-electron chi connectivity index (χ1n) is 3.34. The maximum absolute atomic E-state index is 13.1. The average Bonchev–Trinajstić information content (AvgIpc) is 2.03. The maximum Gasteiger partial charge on any atom is 0.130 e. The van der Waals surface area contributed by atoms with Crippen LogP contribution in [0.3, 0.4) is 0 Å². The molecule has 0 fully saturated rings. The summed E-state index contributed by atoms with van der Waals surface area (Å²) < 4.78 is 13.7. The minimum atomic E-state index is -0.780. The molecule has 66 valence electrons. The van der Waals surface area contributed by atoms with Gasteiger partial charge in [0.2, 0.25) is 0 Å². The average molecular weight is 298 g/mol. The Bertz CT molecular complexity index is 278. The first-order chi connectivity index (χ1) is 5.65. The molecule has 0 unspecified atom stereocenters. The SMILES string of the molecule is O[C@H](CBr)c1ccc(Br)cc1F. The Morgan fingerprint density at radius 3 is 2.67 bits per heavy atom. The highest BCUT2D eigenvalue weighted by molar-refractivity contribution is 9.10. The van der Waals surface area contributed by atoms with Gasteiger partial charge in [0.05, 0.1) is 6.10 Å². The van der Waals surface area contributed by atoms with Gasteiger partial charge in [-0.25, -0.2) is 4.39 Å². The summed E-state index contributed by atoms with van der Waals surface area (Å²) in [6, 6.07) is 4.59. The van der Waals surface area contributed by atoms with Gasteiger partial charge in [-0.2, -0.15) is 0 Å². The number of halogens is 3. The fraction of sp³-hybridized carbons (Fsp3) is 0.250. The van der Waals surface area contributed by atoms with Gasteiger partial charge in [0.15, 0.2) is 0 Å². The van der Waals surface area contributed by atoms with Crippen LogP contribution in [0.1, 0.15) is 11.7 Å². The van der Waals surface area contributed by atoms with Crippen molar-refractivity contribution in [3.8, 4) is 0 Å². The van der Waals surface area contributed by atoms with Crippen molar-refractivity contribution < 1.29 is 9.50 Å². The Morgan fingerprint density at radius 1 is 1.50 bits per heavy atom. The second kappa shape index (κ2) is 4.35. The molecule has 0 aliphatic carbocycles. The van der Waals surface area contributed by atoms with Crippen LogP contribution in [0.5, 0.6) is 0 Å². The van der Waals surface area contributed by atoms with Crippen molar-refractivity contribution in [2.45, 2.75) is 6.10 Å². The van der Waals surface area contributed by atoms with E-state index in [-0.39, 0.29) is 0 Å². The van der Waals surface area contributed by atoms with E-state index >= 15 is 0 Å². The van der Waals surface area contributed by atoms with E-state index in [1.165, 1.54) is 6.07 Å². The summed E-state index contributed by atoms with van der Waals surface area (Å²) in [4.78, 5) is 0. The molecule has 1 rings (SSSR count). The van der Waals surface area contributed by atoms with Crippen LogP contribution in [0.4, 0.5) is 4.39 Å². The quantitative estimate of drug-likeness (QED) is 0.832. The summed E-state index contributed by atoms with van der Waals surface area (Å²) in [5, 5.41) is 9.64. The number of rotatable bonds is 2. The molecule has 1 atom stereocenters. The third kappa shape index (κ3) is 2.28. The van der Waals surface area contributed by atoms with Crippen LogP contribution in [0.2, 0.25) is 0 Å². The molecule has 1 N–H and O–H groups in total. The van der Waals surface area contributed by atoms with Gasteiger partial charge < -0.3 is 5.11 Å². The number of aliphatic hydroxyl groups excluding tert-OH is 1. The minimum Gasteiger partial charge on any atom is -0.387 e. The second-order valence-corrected chi connectivity index (χ2v) is 3.90. The summed E-state index contributed by atoms with van der Waals surface area (Å²) >= 11 is 6.21. The zero-order valence-corrected chi connectivity index (χ0v) is 9.27. The lowest BCUT2D eigenvalue weighted by Gasteiger charge is -2.07. The van der Waals surface area contributed by atoms with Gasteiger partial charge in [0.25, 0.3) is 0 Å². The van der Waals surface area contributed by atoms with Crippen molar-refractivity contribution in [1.82, 2.24) is 0 Å².